The van der Waals surface area contributed by atoms with Crippen molar-refractivity contribution in [3.05, 3.63) is 53.8 Å². The van der Waals surface area contributed by atoms with Crippen LogP contribution in [0.15, 0.2) is 47.4 Å². The number of benzene rings is 2. The number of primary sulfonamides is 1. The Bertz CT molecular complexity index is 950. The van der Waals surface area contributed by atoms with Gasteiger partial charge in [-0.3, -0.25) is 4.79 Å². The van der Waals surface area contributed by atoms with E-state index in [4.69, 9.17) is 9.88 Å². The number of hydrazine groups is 1. The number of methoxy groups -OCH3 is 1. The number of nitrogens with one attached hydrogen (secondary N) is 3. The van der Waals surface area contributed by atoms with Crippen molar-refractivity contribution in [1.82, 2.24) is 10.9 Å². The van der Waals surface area contributed by atoms with E-state index in [1.807, 2.05) is 0 Å². The number of nitrogens with two attached hydrogens (primary N) is 1. The second kappa shape index (κ2) is 7.61. The molecule has 0 saturated carbocycles. The molecule has 0 aromatic heterocycles. The van der Waals surface area contributed by atoms with Crippen molar-refractivity contribution in [3.8, 4) is 5.75 Å². The quantitative estimate of drug-likeness (QED) is 0.601. The van der Waals surface area contributed by atoms with Crippen molar-refractivity contribution in [2.45, 2.75) is 23.4 Å². The maximum Gasteiger partial charge on any atom is 0.242 e. The lowest BCUT2D eigenvalue weighted by Crippen LogP contribution is -2.39. The zero-order chi connectivity index (χ0) is 19.6. The zero-order valence-corrected chi connectivity index (χ0v) is 15.2. The Kier molecular flexibility index (Phi) is 5.42. The number of sulfonamides is 1. The molecule has 27 heavy (non-hydrogen) atoms. The molecule has 10 heteroatoms. The molecule has 2 unspecified atom stereocenters. The predicted octanol–water partition coefficient (Wildman–Crippen LogP) is 1.03. The average Bonchev–Trinajstić information content (AvgIpc) is 3.12. The van der Waals surface area contributed by atoms with E-state index in [1.54, 1.807) is 6.07 Å². The van der Waals surface area contributed by atoms with E-state index < -0.39 is 16.1 Å². The lowest BCUT2D eigenvalue weighted by Gasteiger charge is -2.13. The minimum absolute atomic E-state index is 0.122. The van der Waals surface area contributed by atoms with Crippen LogP contribution in [-0.4, -0.2) is 27.5 Å². The minimum Gasteiger partial charge on any atom is -0.495 e. The Hall–Kier alpha value is -2.53. The second-order valence-electron chi connectivity index (χ2n) is 6.08. The summed E-state index contributed by atoms with van der Waals surface area (Å²) in [5, 5.41) is 7.93. The highest BCUT2D eigenvalue weighted by Crippen LogP contribution is 2.29. The van der Waals surface area contributed by atoms with E-state index in [0.717, 1.165) is 0 Å². The fourth-order valence-electron chi connectivity index (χ4n) is 2.84. The first kappa shape index (κ1) is 19.2. The molecule has 1 heterocycles. The molecule has 2 aromatic rings. The number of carbonyl (C=O) groups excluding carboxylic acids is 1. The number of rotatable bonds is 5. The van der Waals surface area contributed by atoms with Crippen LogP contribution in [0.4, 0.5) is 10.1 Å². The van der Waals surface area contributed by atoms with Crippen LogP contribution in [0, 0.1) is 5.82 Å². The van der Waals surface area contributed by atoms with E-state index in [2.05, 4.69) is 16.2 Å². The number of hydrogen-bond donors (Lipinski definition) is 4. The lowest BCUT2D eigenvalue weighted by atomic mass is 10.0. The molecule has 0 bridgehead atoms. The van der Waals surface area contributed by atoms with Gasteiger partial charge in [0.2, 0.25) is 15.9 Å². The Balaban J connectivity index is 1.72. The smallest absolute Gasteiger partial charge is 0.242 e. The van der Waals surface area contributed by atoms with Gasteiger partial charge in [-0.1, -0.05) is 6.07 Å². The summed E-state index contributed by atoms with van der Waals surface area (Å²) >= 11 is 0. The SMILES string of the molecule is COc1ccc(C2CC(C(=O)Nc3ccc(F)cc3)NN2)cc1S(N)(=O)=O. The molecule has 1 aliphatic heterocycles. The van der Waals surface area contributed by atoms with Gasteiger partial charge in [0.1, 0.15) is 22.5 Å². The average molecular weight is 394 g/mol. The molecule has 144 valence electrons. The van der Waals surface area contributed by atoms with E-state index in [-0.39, 0.29) is 28.4 Å². The first-order valence-electron chi connectivity index (χ1n) is 8.06. The molecule has 0 radical (unpaired) electrons. The van der Waals surface area contributed by atoms with E-state index in [0.29, 0.717) is 17.7 Å². The summed E-state index contributed by atoms with van der Waals surface area (Å²) in [6, 6.07) is 9.23. The van der Waals surface area contributed by atoms with Crippen LogP contribution in [-0.2, 0) is 14.8 Å². The lowest BCUT2D eigenvalue weighted by molar-refractivity contribution is -0.117. The van der Waals surface area contributed by atoms with E-state index in [1.165, 1.54) is 43.5 Å². The maximum absolute atomic E-state index is 12.9. The van der Waals surface area contributed by atoms with Gasteiger partial charge in [0.15, 0.2) is 0 Å². The van der Waals surface area contributed by atoms with Crippen LogP contribution in [0.25, 0.3) is 0 Å². The highest BCUT2D eigenvalue weighted by atomic mass is 32.2. The van der Waals surface area contributed by atoms with E-state index >= 15 is 0 Å². The molecule has 1 aliphatic rings. The summed E-state index contributed by atoms with van der Waals surface area (Å²) in [5.74, 6) is -0.534. The molecule has 0 aliphatic carbocycles. The standard InChI is InChI=1S/C17H19FN4O4S/c1-26-15-7-2-10(8-16(15)27(19,24)25)13-9-14(22-21-13)17(23)20-12-5-3-11(18)4-6-12/h2-8,13-14,21-22H,9H2,1H3,(H,20,23)(H2,19,24,25). The molecular formula is C17H19FN4O4S. The van der Waals surface area contributed by atoms with Gasteiger partial charge in [0.25, 0.3) is 0 Å². The summed E-state index contributed by atoms with van der Waals surface area (Å²) in [5.41, 5.74) is 6.97. The third-order valence-corrected chi connectivity index (χ3v) is 5.16. The first-order valence-corrected chi connectivity index (χ1v) is 9.61. The van der Waals surface area contributed by atoms with Crippen LogP contribution in [0.2, 0.25) is 0 Å². The van der Waals surface area contributed by atoms with Gasteiger partial charge in [-0.25, -0.2) is 28.8 Å². The highest BCUT2D eigenvalue weighted by molar-refractivity contribution is 7.89. The molecule has 1 saturated heterocycles. The fraction of sp³-hybridized carbons (Fsp3) is 0.235. The third-order valence-electron chi connectivity index (χ3n) is 4.23. The second-order valence-corrected chi connectivity index (χ2v) is 7.61. The number of ether oxygens (including phenoxy) is 1. The first-order chi connectivity index (χ1) is 12.8. The number of halogens is 1. The van der Waals surface area contributed by atoms with Gasteiger partial charge in [-0.2, -0.15) is 0 Å². The van der Waals surface area contributed by atoms with Gasteiger partial charge in [0, 0.05) is 11.7 Å². The van der Waals surface area contributed by atoms with Gasteiger partial charge < -0.3 is 10.1 Å². The normalized spacial score (nSPS) is 19.7. The molecule has 5 N–H and O–H groups in total. The van der Waals surface area contributed by atoms with Crippen molar-refractivity contribution in [3.63, 3.8) is 0 Å². The largest absolute Gasteiger partial charge is 0.495 e. The van der Waals surface area contributed by atoms with Crippen molar-refractivity contribution in [2.75, 3.05) is 12.4 Å². The Labute approximate surface area is 155 Å². The topological polar surface area (TPSA) is 123 Å². The van der Waals surface area contributed by atoms with Gasteiger partial charge in [0.05, 0.1) is 7.11 Å². The van der Waals surface area contributed by atoms with Crippen LogP contribution < -0.4 is 26.0 Å². The van der Waals surface area contributed by atoms with Gasteiger partial charge >= 0.3 is 0 Å². The monoisotopic (exact) mass is 394 g/mol. The maximum atomic E-state index is 12.9. The summed E-state index contributed by atoms with van der Waals surface area (Å²) < 4.78 is 41.5. The van der Waals surface area contributed by atoms with Gasteiger partial charge in [-0.15, -0.1) is 0 Å². The summed E-state index contributed by atoms with van der Waals surface area (Å²) in [7, 11) is -2.60. The Morgan fingerprint density at radius 1 is 1.22 bits per heavy atom. The predicted molar refractivity (Wildman–Crippen MR) is 96.8 cm³/mol. The van der Waals surface area contributed by atoms with Crippen LogP contribution >= 0.6 is 0 Å². The van der Waals surface area contributed by atoms with Crippen LogP contribution in [0.5, 0.6) is 5.75 Å². The summed E-state index contributed by atoms with van der Waals surface area (Å²) in [4.78, 5) is 12.2. The zero-order valence-electron chi connectivity index (χ0n) is 14.4. The molecule has 8 nitrogen and oxygen atoms in total. The number of amides is 1. The fourth-order valence-corrected chi connectivity index (χ4v) is 3.57. The summed E-state index contributed by atoms with van der Waals surface area (Å²) in [6.07, 6.45) is 0.378. The Morgan fingerprint density at radius 2 is 1.93 bits per heavy atom. The number of carbonyl (C=O) groups is 1. The molecule has 1 amide bonds. The molecule has 3 rings (SSSR count). The van der Waals surface area contributed by atoms with Gasteiger partial charge in [-0.05, 0) is 48.4 Å². The molecule has 2 aromatic carbocycles. The number of anilines is 1. The van der Waals surface area contributed by atoms with E-state index in [9.17, 15) is 17.6 Å². The molecule has 0 spiro atoms. The molecule has 1 fully saturated rings. The van der Waals surface area contributed by atoms with Crippen molar-refractivity contribution >= 4 is 21.6 Å². The highest BCUT2D eigenvalue weighted by Gasteiger charge is 2.31. The van der Waals surface area contributed by atoms with Crippen molar-refractivity contribution < 1.29 is 22.3 Å². The minimum atomic E-state index is -3.95. The molecular weight excluding hydrogens is 375 g/mol. The van der Waals surface area contributed by atoms with Crippen LogP contribution in [0.1, 0.15) is 18.0 Å². The Morgan fingerprint density at radius 3 is 2.56 bits per heavy atom. The number of hydrogen-bond acceptors (Lipinski definition) is 6. The van der Waals surface area contributed by atoms with Crippen molar-refractivity contribution in [2.24, 2.45) is 5.14 Å². The van der Waals surface area contributed by atoms with Crippen LogP contribution in [0.3, 0.4) is 0 Å². The molecule has 2 atom stereocenters. The van der Waals surface area contributed by atoms with Crippen molar-refractivity contribution in [1.29, 1.82) is 0 Å². The summed E-state index contributed by atoms with van der Waals surface area (Å²) in [6.45, 7) is 0. The third kappa shape index (κ3) is 4.42.